The summed E-state index contributed by atoms with van der Waals surface area (Å²) in [5, 5.41) is 0. The number of aromatic amines is 1. The third-order valence-electron chi connectivity index (χ3n) is 2.37. The molecule has 2 rings (SSSR count). The maximum absolute atomic E-state index is 11.5. The van der Waals surface area contributed by atoms with Gasteiger partial charge in [-0.05, 0) is 6.92 Å². The molecule has 0 saturated carbocycles. The van der Waals surface area contributed by atoms with Gasteiger partial charge in [0.2, 0.25) is 0 Å². The molecule has 2 aromatic rings. The molecular weight excluding hydrogens is 204 g/mol. The summed E-state index contributed by atoms with van der Waals surface area (Å²) < 4.78 is 1.79. The van der Waals surface area contributed by atoms with Crippen LogP contribution in [-0.2, 0) is 0 Å². The van der Waals surface area contributed by atoms with Crippen molar-refractivity contribution in [2.45, 2.75) is 26.7 Å². The van der Waals surface area contributed by atoms with Crippen LogP contribution in [0.3, 0.4) is 0 Å². The van der Waals surface area contributed by atoms with Crippen LogP contribution in [0.15, 0.2) is 23.3 Å². The first-order valence-electron chi connectivity index (χ1n) is 5.19. The summed E-state index contributed by atoms with van der Waals surface area (Å²) in [5.74, 6) is 2.31. The zero-order valence-electron chi connectivity index (χ0n) is 9.56. The first-order chi connectivity index (χ1) is 7.58. The van der Waals surface area contributed by atoms with Gasteiger partial charge in [-0.3, -0.25) is 9.36 Å². The van der Waals surface area contributed by atoms with Crippen molar-refractivity contribution >= 4 is 0 Å². The Labute approximate surface area is 93.2 Å². The Morgan fingerprint density at radius 1 is 1.44 bits per heavy atom. The molecule has 1 N–H and O–H groups in total. The summed E-state index contributed by atoms with van der Waals surface area (Å²) in [6.45, 7) is 5.85. The fourth-order valence-electron chi connectivity index (χ4n) is 1.48. The average Bonchev–Trinajstić information content (AvgIpc) is 2.63. The van der Waals surface area contributed by atoms with Crippen LogP contribution in [0.4, 0.5) is 0 Å². The van der Waals surface area contributed by atoms with Crippen LogP contribution in [0.1, 0.15) is 31.4 Å². The topological polar surface area (TPSA) is 63.6 Å². The largest absolute Gasteiger partial charge is 0.310 e. The van der Waals surface area contributed by atoms with E-state index in [1.807, 2.05) is 20.8 Å². The molecule has 0 aromatic carbocycles. The molecule has 0 radical (unpaired) electrons. The Morgan fingerprint density at radius 2 is 2.19 bits per heavy atom. The molecule has 0 amide bonds. The lowest BCUT2D eigenvalue weighted by Gasteiger charge is -2.08. The second-order valence-corrected chi connectivity index (χ2v) is 3.99. The summed E-state index contributed by atoms with van der Waals surface area (Å²) in [6.07, 6.45) is 3.48. The standard InChI is InChI=1S/C11H14N4O/c1-7(2)11-13-9(6-10(16)14-11)15-5-4-12-8(15)3/h4-7H,1-3H3,(H,13,14,16). The Morgan fingerprint density at radius 3 is 2.75 bits per heavy atom. The van der Waals surface area contributed by atoms with Crippen LogP contribution < -0.4 is 5.56 Å². The van der Waals surface area contributed by atoms with Crippen molar-refractivity contribution in [2.75, 3.05) is 0 Å². The second kappa shape index (κ2) is 3.92. The molecule has 0 saturated heterocycles. The number of H-pyrrole nitrogens is 1. The predicted molar refractivity (Wildman–Crippen MR) is 60.8 cm³/mol. The van der Waals surface area contributed by atoms with Crippen LogP contribution in [0.5, 0.6) is 0 Å². The van der Waals surface area contributed by atoms with Crippen molar-refractivity contribution < 1.29 is 0 Å². The number of nitrogens with zero attached hydrogens (tertiary/aromatic N) is 3. The van der Waals surface area contributed by atoms with Crippen molar-refractivity contribution in [1.82, 2.24) is 19.5 Å². The number of aromatic nitrogens is 4. The number of nitrogens with one attached hydrogen (secondary N) is 1. The Hall–Kier alpha value is -1.91. The van der Waals surface area contributed by atoms with E-state index >= 15 is 0 Å². The summed E-state index contributed by atoms with van der Waals surface area (Å²) in [5.41, 5.74) is -0.137. The van der Waals surface area contributed by atoms with Crippen molar-refractivity contribution in [2.24, 2.45) is 0 Å². The van der Waals surface area contributed by atoms with E-state index in [4.69, 9.17) is 0 Å². The lowest BCUT2D eigenvalue weighted by Crippen LogP contribution is -2.15. The van der Waals surface area contributed by atoms with Crippen LogP contribution in [0.2, 0.25) is 0 Å². The van der Waals surface area contributed by atoms with Gasteiger partial charge in [0, 0.05) is 24.4 Å². The van der Waals surface area contributed by atoms with Gasteiger partial charge in [0.25, 0.3) is 5.56 Å². The van der Waals surface area contributed by atoms with Crippen LogP contribution in [-0.4, -0.2) is 19.5 Å². The van der Waals surface area contributed by atoms with Crippen molar-refractivity contribution in [1.29, 1.82) is 0 Å². The molecule has 0 fully saturated rings. The maximum atomic E-state index is 11.5. The van der Waals surface area contributed by atoms with E-state index in [0.29, 0.717) is 11.6 Å². The van der Waals surface area contributed by atoms with Crippen molar-refractivity contribution in [3.05, 3.63) is 40.5 Å². The highest BCUT2D eigenvalue weighted by Crippen LogP contribution is 2.10. The molecule has 5 nitrogen and oxygen atoms in total. The fraction of sp³-hybridized carbons (Fsp3) is 0.364. The molecule has 2 aromatic heterocycles. The van der Waals surface area contributed by atoms with Gasteiger partial charge in [-0.2, -0.15) is 0 Å². The Balaban J connectivity index is 2.58. The number of rotatable bonds is 2. The smallest absolute Gasteiger partial charge is 0.253 e. The summed E-state index contributed by atoms with van der Waals surface area (Å²) in [4.78, 5) is 22.7. The molecule has 0 aliphatic rings. The van der Waals surface area contributed by atoms with E-state index in [9.17, 15) is 4.79 Å². The highest BCUT2D eigenvalue weighted by atomic mass is 16.1. The van der Waals surface area contributed by atoms with Gasteiger partial charge >= 0.3 is 0 Å². The minimum Gasteiger partial charge on any atom is -0.310 e. The first-order valence-corrected chi connectivity index (χ1v) is 5.19. The molecule has 0 spiro atoms. The lowest BCUT2D eigenvalue weighted by atomic mass is 10.2. The minimum absolute atomic E-state index is 0.137. The van der Waals surface area contributed by atoms with Gasteiger partial charge in [-0.25, -0.2) is 9.97 Å². The summed E-state index contributed by atoms with van der Waals surface area (Å²) in [7, 11) is 0. The van der Waals surface area contributed by atoms with Gasteiger partial charge in [0.1, 0.15) is 17.5 Å². The van der Waals surface area contributed by atoms with Gasteiger partial charge in [-0.1, -0.05) is 13.8 Å². The maximum Gasteiger partial charge on any atom is 0.253 e. The monoisotopic (exact) mass is 218 g/mol. The molecule has 16 heavy (non-hydrogen) atoms. The predicted octanol–water partition coefficient (Wildman–Crippen LogP) is 1.39. The quantitative estimate of drug-likeness (QED) is 0.828. The molecule has 0 aliphatic heterocycles. The molecule has 5 heteroatoms. The number of imidazole rings is 1. The minimum atomic E-state index is -0.137. The van der Waals surface area contributed by atoms with Crippen molar-refractivity contribution in [3.63, 3.8) is 0 Å². The summed E-state index contributed by atoms with van der Waals surface area (Å²) >= 11 is 0. The number of hydrogen-bond donors (Lipinski definition) is 1. The second-order valence-electron chi connectivity index (χ2n) is 3.99. The van der Waals surface area contributed by atoms with Gasteiger partial charge in [0.15, 0.2) is 0 Å². The van der Waals surface area contributed by atoms with Crippen LogP contribution in [0.25, 0.3) is 5.82 Å². The third kappa shape index (κ3) is 1.88. The highest BCUT2D eigenvalue weighted by Gasteiger charge is 2.07. The van der Waals surface area contributed by atoms with Crippen molar-refractivity contribution in [3.8, 4) is 5.82 Å². The van der Waals surface area contributed by atoms with E-state index < -0.39 is 0 Å². The van der Waals surface area contributed by atoms with E-state index in [0.717, 1.165) is 5.82 Å². The third-order valence-corrected chi connectivity index (χ3v) is 2.37. The Bertz CT molecular complexity index is 553. The molecule has 0 unspecified atom stereocenters. The zero-order chi connectivity index (χ0) is 11.7. The molecule has 84 valence electrons. The van der Waals surface area contributed by atoms with Gasteiger partial charge in [0.05, 0.1) is 0 Å². The summed E-state index contributed by atoms with van der Waals surface area (Å²) in [6, 6.07) is 1.47. The van der Waals surface area contributed by atoms with Gasteiger partial charge < -0.3 is 4.98 Å². The molecule has 0 bridgehead atoms. The normalized spacial score (nSPS) is 11.0. The number of aryl methyl sites for hydroxylation is 1. The Kier molecular flexibility index (Phi) is 2.60. The molecule has 0 aliphatic carbocycles. The van der Waals surface area contributed by atoms with Crippen LogP contribution in [0, 0.1) is 6.92 Å². The van der Waals surface area contributed by atoms with Crippen LogP contribution >= 0.6 is 0 Å². The van der Waals surface area contributed by atoms with Gasteiger partial charge in [-0.15, -0.1) is 0 Å². The molecular formula is C11H14N4O. The van der Waals surface area contributed by atoms with E-state index in [1.165, 1.54) is 6.07 Å². The average molecular weight is 218 g/mol. The SMILES string of the molecule is Cc1nccn1-c1cc(=O)[nH]c(C(C)C)n1. The van der Waals surface area contributed by atoms with E-state index in [2.05, 4.69) is 15.0 Å². The highest BCUT2D eigenvalue weighted by molar-refractivity contribution is 5.23. The lowest BCUT2D eigenvalue weighted by molar-refractivity contribution is 0.751. The first kappa shape index (κ1) is 10.6. The van der Waals surface area contributed by atoms with E-state index in [-0.39, 0.29) is 11.5 Å². The zero-order valence-corrected chi connectivity index (χ0v) is 9.56. The molecule has 2 heterocycles. The fourth-order valence-corrected chi connectivity index (χ4v) is 1.48. The molecule has 0 atom stereocenters. The van der Waals surface area contributed by atoms with E-state index in [1.54, 1.807) is 17.0 Å². The number of hydrogen-bond acceptors (Lipinski definition) is 3.